The van der Waals surface area contributed by atoms with Crippen LogP contribution in [0.25, 0.3) is 0 Å². The standard InChI is InChI=1S/C18H18FN5O2/c1-26-17-10-14(2-3-15(17)19)22-18(25)24-8-6-23(7-9-24)16-12-21-5-4-13(16)11-20/h2-5,10,12H,6-9H2,1H3,(H,22,25). The predicted octanol–water partition coefficient (Wildman–Crippen LogP) is 2.46. The summed E-state index contributed by atoms with van der Waals surface area (Å²) in [5, 5.41) is 11.9. The first kappa shape index (κ1) is 17.5. The highest BCUT2D eigenvalue weighted by Crippen LogP contribution is 2.23. The van der Waals surface area contributed by atoms with Gasteiger partial charge in [0.25, 0.3) is 0 Å². The molecule has 1 aliphatic rings. The molecule has 1 aromatic heterocycles. The van der Waals surface area contributed by atoms with E-state index in [0.29, 0.717) is 37.4 Å². The average Bonchev–Trinajstić information content (AvgIpc) is 2.69. The smallest absolute Gasteiger partial charge is 0.321 e. The molecule has 1 saturated heterocycles. The number of rotatable bonds is 3. The molecule has 8 heteroatoms. The number of carbonyl (C=O) groups excluding carboxylic acids is 1. The number of amides is 2. The quantitative estimate of drug-likeness (QED) is 0.915. The number of piperazine rings is 1. The summed E-state index contributed by atoms with van der Waals surface area (Å²) in [7, 11) is 1.37. The lowest BCUT2D eigenvalue weighted by atomic mass is 10.2. The van der Waals surface area contributed by atoms with Gasteiger partial charge in [0.1, 0.15) is 6.07 Å². The Morgan fingerprint density at radius 2 is 2.08 bits per heavy atom. The molecule has 0 aliphatic carbocycles. The summed E-state index contributed by atoms with van der Waals surface area (Å²) >= 11 is 0. The highest BCUT2D eigenvalue weighted by atomic mass is 19.1. The van der Waals surface area contributed by atoms with Gasteiger partial charge in [0.2, 0.25) is 0 Å². The number of hydrogen-bond donors (Lipinski definition) is 1. The molecule has 134 valence electrons. The zero-order valence-corrected chi connectivity index (χ0v) is 14.3. The van der Waals surface area contributed by atoms with Crippen molar-refractivity contribution in [2.24, 2.45) is 0 Å². The van der Waals surface area contributed by atoms with Crippen LogP contribution >= 0.6 is 0 Å². The molecular formula is C18H18FN5O2. The van der Waals surface area contributed by atoms with Gasteiger partial charge in [-0.1, -0.05) is 0 Å². The summed E-state index contributed by atoms with van der Waals surface area (Å²) in [6.45, 7) is 2.20. The van der Waals surface area contributed by atoms with Crippen LogP contribution in [-0.2, 0) is 0 Å². The second-order valence-corrected chi connectivity index (χ2v) is 5.76. The summed E-state index contributed by atoms with van der Waals surface area (Å²) < 4.78 is 18.4. The van der Waals surface area contributed by atoms with Gasteiger partial charge in [0.05, 0.1) is 24.6 Å². The van der Waals surface area contributed by atoms with Crippen molar-refractivity contribution < 1.29 is 13.9 Å². The minimum atomic E-state index is -0.483. The summed E-state index contributed by atoms with van der Waals surface area (Å²) in [5.74, 6) is -0.405. The molecule has 1 aliphatic heterocycles. The normalized spacial score (nSPS) is 13.9. The van der Waals surface area contributed by atoms with Gasteiger partial charge in [0.15, 0.2) is 11.6 Å². The van der Waals surface area contributed by atoms with Crippen LogP contribution in [0.15, 0.2) is 36.7 Å². The highest BCUT2D eigenvalue weighted by molar-refractivity contribution is 5.89. The van der Waals surface area contributed by atoms with Gasteiger partial charge >= 0.3 is 6.03 Å². The molecule has 0 radical (unpaired) electrons. The third-order valence-corrected chi connectivity index (χ3v) is 4.23. The fourth-order valence-corrected chi connectivity index (χ4v) is 2.82. The first-order valence-corrected chi connectivity index (χ1v) is 8.11. The molecule has 1 N–H and O–H groups in total. The molecule has 7 nitrogen and oxygen atoms in total. The molecule has 0 bridgehead atoms. The minimum Gasteiger partial charge on any atom is -0.494 e. The first-order valence-electron chi connectivity index (χ1n) is 8.11. The van der Waals surface area contributed by atoms with Gasteiger partial charge in [-0.3, -0.25) is 4.98 Å². The molecule has 0 spiro atoms. The number of anilines is 2. The van der Waals surface area contributed by atoms with E-state index in [9.17, 15) is 14.4 Å². The number of nitriles is 1. The molecule has 1 aromatic carbocycles. The molecular weight excluding hydrogens is 337 g/mol. The fraction of sp³-hybridized carbons (Fsp3) is 0.278. The number of hydrogen-bond acceptors (Lipinski definition) is 5. The number of nitrogens with one attached hydrogen (secondary N) is 1. The Bertz CT molecular complexity index is 844. The van der Waals surface area contributed by atoms with Crippen molar-refractivity contribution in [3.63, 3.8) is 0 Å². The Labute approximate surface area is 150 Å². The van der Waals surface area contributed by atoms with E-state index in [1.165, 1.54) is 25.3 Å². The Morgan fingerprint density at radius 3 is 2.77 bits per heavy atom. The van der Waals surface area contributed by atoms with Gasteiger partial charge < -0.3 is 19.9 Å². The number of nitrogens with zero attached hydrogens (tertiary/aromatic N) is 4. The van der Waals surface area contributed by atoms with E-state index >= 15 is 0 Å². The van der Waals surface area contributed by atoms with Gasteiger partial charge in [-0.05, 0) is 18.2 Å². The number of aromatic nitrogens is 1. The molecule has 3 rings (SSSR count). The molecule has 2 heterocycles. The third-order valence-electron chi connectivity index (χ3n) is 4.23. The number of ether oxygens (including phenoxy) is 1. The fourth-order valence-electron chi connectivity index (χ4n) is 2.82. The molecule has 26 heavy (non-hydrogen) atoms. The van der Waals surface area contributed by atoms with Crippen molar-refractivity contribution in [2.45, 2.75) is 0 Å². The number of urea groups is 1. The van der Waals surface area contributed by atoms with Crippen LogP contribution < -0.4 is 15.0 Å². The lowest BCUT2D eigenvalue weighted by molar-refractivity contribution is 0.208. The average molecular weight is 355 g/mol. The molecule has 2 aromatic rings. The van der Waals surface area contributed by atoms with Crippen molar-refractivity contribution in [2.75, 3.05) is 43.5 Å². The second-order valence-electron chi connectivity index (χ2n) is 5.76. The Kier molecular flexibility index (Phi) is 5.17. The number of benzene rings is 1. The SMILES string of the molecule is COc1cc(NC(=O)N2CCN(c3cnccc3C#N)CC2)ccc1F. The largest absolute Gasteiger partial charge is 0.494 e. The lowest BCUT2D eigenvalue weighted by Crippen LogP contribution is -2.50. The van der Waals surface area contributed by atoms with Crippen molar-refractivity contribution in [1.29, 1.82) is 5.26 Å². The van der Waals surface area contributed by atoms with Crippen LogP contribution in [0, 0.1) is 17.1 Å². The van der Waals surface area contributed by atoms with Crippen molar-refractivity contribution >= 4 is 17.4 Å². The molecule has 0 saturated carbocycles. The first-order chi connectivity index (χ1) is 12.6. The van der Waals surface area contributed by atoms with E-state index < -0.39 is 5.82 Å². The molecule has 0 unspecified atom stereocenters. The van der Waals surface area contributed by atoms with Crippen molar-refractivity contribution in [3.8, 4) is 11.8 Å². The Hall–Kier alpha value is -3.34. The number of pyridine rings is 1. The number of methoxy groups -OCH3 is 1. The summed E-state index contributed by atoms with van der Waals surface area (Å²) in [6, 6.07) is 7.75. The molecule has 0 atom stereocenters. The number of carbonyl (C=O) groups is 1. The van der Waals surface area contributed by atoms with E-state index in [1.54, 1.807) is 23.4 Å². The Balaban J connectivity index is 1.61. The topological polar surface area (TPSA) is 81.5 Å². The maximum atomic E-state index is 13.4. The zero-order valence-electron chi connectivity index (χ0n) is 14.3. The maximum Gasteiger partial charge on any atom is 0.321 e. The molecule has 1 fully saturated rings. The van der Waals surface area contributed by atoms with Gasteiger partial charge in [-0.15, -0.1) is 0 Å². The maximum absolute atomic E-state index is 13.4. The number of halogens is 1. The highest BCUT2D eigenvalue weighted by Gasteiger charge is 2.23. The zero-order chi connectivity index (χ0) is 18.5. The van der Waals surface area contributed by atoms with Gasteiger partial charge in [-0.2, -0.15) is 5.26 Å². The van der Waals surface area contributed by atoms with E-state index in [1.807, 2.05) is 4.90 Å². The van der Waals surface area contributed by atoms with E-state index in [4.69, 9.17) is 4.74 Å². The summed E-state index contributed by atoms with van der Waals surface area (Å²) in [5.41, 5.74) is 1.81. The van der Waals surface area contributed by atoms with Crippen LogP contribution in [-0.4, -0.2) is 49.2 Å². The third kappa shape index (κ3) is 3.67. The van der Waals surface area contributed by atoms with Crippen LogP contribution in [0.4, 0.5) is 20.6 Å². The lowest BCUT2D eigenvalue weighted by Gasteiger charge is -2.36. The van der Waals surface area contributed by atoms with E-state index in [-0.39, 0.29) is 11.8 Å². The predicted molar refractivity (Wildman–Crippen MR) is 94.7 cm³/mol. The van der Waals surface area contributed by atoms with Gasteiger partial charge in [0, 0.05) is 44.1 Å². The summed E-state index contributed by atoms with van der Waals surface area (Å²) in [4.78, 5) is 20.2. The van der Waals surface area contributed by atoms with Crippen LogP contribution in [0.2, 0.25) is 0 Å². The van der Waals surface area contributed by atoms with Crippen molar-refractivity contribution in [1.82, 2.24) is 9.88 Å². The minimum absolute atomic E-state index is 0.0771. The van der Waals surface area contributed by atoms with Crippen molar-refractivity contribution in [3.05, 3.63) is 48.0 Å². The molecule has 2 amide bonds. The van der Waals surface area contributed by atoms with Crippen LogP contribution in [0.1, 0.15) is 5.56 Å². The van der Waals surface area contributed by atoms with E-state index in [0.717, 1.165) is 5.69 Å². The summed E-state index contributed by atoms with van der Waals surface area (Å²) in [6.07, 6.45) is 3.25. The van der Waals surface area contributed by atoms with Crippen LogP contribution in [0.5, 0.6) is 5.75 Å². The monoisotopic (exact) mass is 355 g/mol. The van der Waals surface area contributed by atoms with E-state index in [2.05, 4.69) is 16.4 Å². The Morgan fingerprint density at radius 1 is 1.31 bits per heavy atom. The van der Waals surface area contributed by atoms with Crippen LogP contribution in [0.3, 0.4) is 0 Å². The van der Waals surface area contributed by atoms with Gasteiger partial charge in [-0.25, -0.2) is 9.18 Å². The second kappa shape index (κ2) is 7.70.